The van der Waals surface area contributed by atoms with Gasteiger partial charge in [0.1, 0.15) is 10.7 Å². The number of nitrogens with one attached hydrogen (secondary N) is 1. The van der Waals surface area contributed by atoms with E-state index in [0.717, 1.165) is 5.76 Å². The van der Waals surface area contributed by atoms with E-state index in [1.165, 1.54) is 18.2 Å². The summed E-state index contributed by atoms with van der Waals surface area (Å²) in [4.78, 5) is 0.0387. The van der Waals surface area contributed by atoms with Crippen molar-refractivity contribution in [2.45, 2.75) is 30.7 Å². The Morgan fingerprint density at radius 2 is 2.14 bits per heavy atom. The van der Waals surface area contributed by atoms with Gasteiger partial charge in [0.15, 0.2) is 0 Å². The SMILES string of the molecule is CC(CCc1ccco1)NS(=O)(=O)c1ccc(Cl)cc1N. The van der Waals surface area contributed by atoms with Crippen LogP contribution in [0.4, 0.5) is 5.69 Å². The first kappa shape index (κ1) is 15.9. The summed E-state index contributed by atoms with van der Waals surface area (Å²) in [5.41, 5.74) is 5.85. The molecule has 1 unspecified atom stereocenters. The van der Waals surface area contributed by atoms with E-state index >= 15 is 0 Å². The molecule has 0 bridgehead atoms. The van der Waals surface area contributed by atoms with Gasteiger partial charge in [0, 0.05) is 17.5 Å². The molecule has 0 saturated carbocycles. The van der Waals surface area contributed by atoms with E-state index in [0.29, 0.717) is 17.9 Å². The minimum atomic E-state index is -3.66. The largest absolute Gasteiger partial charge is 0.469 e. The van der Waals surface area contributed by atoms with Crippen LogP contribution in [0.15, 0.2) is 45.9 Å². The minimum Gasteiger partial charge on any atom is -0.469 e. The molecule has 2 aromatic rings. The highest BCUT2D eigenvalue weighted by Crippen LogP contribution is 2.22. The molecule has 3 N–H and O–H groups in total. The fourth-order valence-electron chi connectivity index (χ4n) is 1.96. The van der Waals surface area contributed by atoms with Crippen molar-refractivity contribution in [1.82, 2.24) is 4.72 Å². The lowest BCUT2D eigenvalue weighted by atomic mass is 10.2. The highest BCUT2D eigenvalue weighted by atomic mass is 35.5. The Bertz CT molecular complexity index is 699. The highest BCUT2D eigenvalue weighted by molar-refractivity contribution is 7.89. The van der Waals surface area contributed by atoms with Gasteiger partial charge in [0.25, 0.3) is 0 Å². The molecule has 0 spiro atoms. The summed E-state index contributed by atoms with van der Waals surface area (Å²) in [6.07, 6.45) is 2.88. The van der Waals surface area contributed by atoms with E-state index in [1.807, 2.05) is 6.07 Å². The van der Waals surface area contributed by atoms with Crippen molar-refractivity contribution in [3.8, 4) is 0 Å². The fraction of sp³-hybridized carbons (Fsp3) is 0.286. The maximum atomic E-state index is 12.3. The Kier molecular flexibility index (Phi) is 4.92. The van der Waals surface area contributed by atoms with Gasteiger partial charge in [-0.3, -0.25) is 0 Å². The number of aryl methyl sites for hydroxylation is 1. The first-order chi connectivity index (χ1) is 9.88. The monoisotopic (exact) mass is 328 g/mol. The summed E-state index contributed by atoms with van der Waals surface area (Å²) >= 11 is 5.77. The molecule has 5 nitrogen and oxygen atoms in total. The lowest BCUT2D eigenvalue weighted by molar-refractivity contribution is 0.480. The van der Waals surface area contributed by atoms with E-state index in [4.69, 9.17) is 21.8 Å². The molecule has 7 heteroatoms. The van der Waals surface area contributed by atoms with Gasteiger partial charge in [-0.25, -0.2) is 13.1 Å². The van der Waals surface area contributed by atoms with Gasteiger partial charge in [-0.1, -0.05) is 11.6 Å². The lowest BCUT2D eigenvalue weighted by Gasteiger charge is -2.15. The molecule has 0 aliphatic heterocycles. The van der Waals surface area contributed by atoms with Crippen LogP contribution in [-0.2, 0) is 16.4 Å². The molecule has 114 valence electrons. The predicted octanol–water partition coefficient (Wildman–Crippen LogP) is 2.81. The zero-order chi connectivity index (χ0) is 15.5. The molecule has 0 saturated heterocycles. The summed E-state index contributed by atoms with van der Waals surface area (Å²) in [6.45, 7) is 1.80. The third-order valence-corrected chi connectivity index (χ3v) is 4.92. The molecule has 1 aromatic carbocycles. The highest BCUT2D eigenvalue weighted by Gasteiger charge is 2.20. The second-order valence-corrected chi connectivity index (χ2v) is 6.94. The average molecular weight is 329 g/mol. The normalized spacial score (nSPS) is 13.2. The zero-order valence-electron chi connectivity index (χ0n) is 11.5. The standard InChI is InChI=1S/C14H17ClN2O3S/c1-10(4-6-12-3-2-8-20-12)17-21(18,19)14-7-5-11(15)9-13(14)16/h2-3,5,7-10,17H,4,6,16H2,1H3. The summed E-state index contributed by atoms with van der Waals surface area (Å²) in [6, 6.07) is 7.75. The molecule has 21 heavy (non-hydrogen) atoms. The number of rotatable bonds is 6. The molecule has 0 radical (unpaired) electrons. The van der Waals surface area contributed by atoms with Crippen LogP contribution in [0.5, 0.6) is 0 Å². The summed E-state index contributed by atoms with van der Waals surface area (Å²) in [5.74, 6) is 0.826. The van der Waals surface area contributed by atoms with E-state index < -0.39 is 10.0 Å². The Morgan fingerprint density at radius 3 is 2.76 bits per heavy atom. The van der Waals surface area contributed by atoms with Crippen molar-refractivity contribution in [3.63, 3.8) is 0 Å². The number of benzene rings is 1. The molecule has 1 heterocycles. The third kappa shape index (κ3) is 4.23. The Labute approximate surface area is 129 Å². The molecule has 1 aromatic heterocycles. The topological polar surface area (TPSA) is 85.3 Å². The Hall–Kier alpha value is -1.50. The van der Waals surface area contributed by atoms with Crippen LogP contribution in [0.2, 0.25) is 5.02 Å². The zero-order valence-corrected chi connectivity index (χ0v) is 13.1. The third-order valence-electron chi connectivity index (χ3n) is 3.02. The van der Waals surface area contributed by atoms with Crippen LogP contribution >= 0.6 is 11.6 Å². The fourth-order valence-corrected chi connectivity index (χ4v) is 3.54. The lowest BCUT2D eigenvalue weighted by Crippen LogP contribution is -2.33. The van der Waals surface area contributed by atoms with Crippen molar-refractivity contribution in [1.29, 1.82) is 0 Å². The summed E-state index contributed by atoms with van der Waals surface area (Å²) < 4.78 is 32.4. The molecule has 0 aliphatic carbocycles. The van der Waals surface area contributed by atoms with Crippen molar-refractivity contribution in [2.24, 2.45) is 0 Å². The smallest absolute Gasteiger partial charge is 0.242 e. The molecule has 1 atom stereocenters. The van der Waals surface area contributed by atoms with E-state index in [2.05, 4.69) is 4.72 Å². The number of furan rings is 1. The minimum absolute atomic E-state index is 0.0387. The number of halogens is 1. The quantitative estimate of drug-likeness (QED) is 0.798. The van der Waals surface area contributed by atoms with Gasteiger partial charge < -0.3 is 10.2 Å². The van der Waals surface area contributed by atoms with Crippen molar-refractivity contribution in [2.75, 3.05) is 5.73 Å². The maximum absolute atomic E-state index is 12.3. The first-order valence-corrected chi connectivity index (χ1v) is 8.34. The Balaban J connectivity index is 2.02. The Morgan fingerprint density at radius 1 is 1.38 bits per heavy atom. The number of nitrogens with two attached hydrogens (primary N) is 1. The van der Waals surface area contributed by atoms with Crippen LogP contribution in [0.25, 0.3) is 0 Å². The van der Waals surface area contributed by atoms with Crippen molar-refractivity contribution in [3.05, 3.63) is 47.4 Å². The number of sulfonamides is 1. The molecule has 0 fully saturated rings. The average Bonchev–Trinajstić information content (AvgIpc) is 2.88. The van der Waals surface area contributed by atoms with Crippen molar-refractivity contribution < 1.29 is 12.8 Å². The van der Waals surface area contributed by atoms with Gasteiger partial charge in [0.2, 0.25) is 10.0 Å². The molecule has 0 amide bonds. The van der Waals surface area contributed by atoms with E-state index in [1.54, 1.807) is 19.3 Å². The van der Waals surface area contributed by atoms with Crippen LogP contribution in [0, 0.1) is 0 Å². The number of nitrogen functional groups attached to an aromatic ring is 1. The van der Waals surface area contributed by atoms with E-state index in [9.17, 15) is 8.42 Å². The van der Waals surface area contributed by atoms with Crippen LogP contribution in [0.1, 0.15) is 19.1 Å². The van der Waals surface area contributed by atoms with Crippen LogP contribution in [0.3, 0.4) is 0 Å². The first-order valence-electron chi connectivity index (χ1n) is 6.48. The van der Waals surface area contributed by atoms with Gasteiger partial charge in [0.05, 0.1) is 12.0 Å². The summed E-state index contributed by atoms with van der Waals surface area (Å²) in [5, 5.41) is 0.400. The van der Waals surface area contributed by atoms with Gasteiger partial charge in [-0.2, -0.15) is 0 Å². The van der Waals surface area contributed by atoms with Crippen molar-refractivity contribution >= 4 is 27.3 Å². The number of hydrogen-bond acceptors (Lipinski definition) is 4. The van der Waals surface area contributed by atoms with E-state index in [-0.39, 0.29) is 16.6 Å². The van der Waals surface area contributed by atoms with Gasteiger partial charge in [-0.05, 0) is 43.7 Å². The van der Waals surface area contributed by atoms with Gasteiger partial charge >= 0.3 is 0 Å². The maximum Gasteiger partial charge on any atom is 0.242 e. The summed E-state index contributed by atoms with van der Waals surface area (Å²) in [7, 11) is -3.66. The molecular weight excluding hydrogens is 312 g/mol. The second-order valence-electron chi connectivity index (χ2n) is 4.82. The second kappa shape index (κ2) is 6.51. The predicted molar refractivity (Wildman–Crippen MR) is 82.7 cm³/mol. The van der Waals surface area contributed by atoms with Crippen LogP contribution in [-0.4, -0.2) is 14.5 Å². The molecule has 2 rings (SSSR count). The molecule has 0 aliphatic rings. The van der Waals surface area contributed by atoms with Crippen LogP contribution < -0.4 is 10.5 Å². The number of anilines is 1. The molecular formula is C14H17ClN2O3S. The number of hydrogen-bond donors (Lipinski definition) is 2. The van der Waals surface area contributed by atoms with Gasteiger partial charge in [-0.15, -0.1) is 0 Å².